The fourth-order valence-electron chi connectivity index (χ4n) is 2.06. The van der Waals surface area contributed by atoms with Crippen LogP contribution in [0.1, 0.15) is 55.5 Å². The predicted octanol–water partition coefficient (Wildman–Crippen LogP) is 4.39. The molecule has 1 nitrogen and oxygen atoms in total. The fourth-order valence-corrected chi connectivity index (χ4v) is 2.06. The van der Waals surface area contributed by atoms with E-state index in [2.05, 4.69) is 13.8 Å². The predicted molar refractivity (Wildman–Crippen MR) is 68.8 cm³/mol. The second kappa shape index (κ2) is 6.47. The lowest BCUT2D eigenvalue weighted by atomic mass is 9.89. The Morgan fingerprint density at radius 2 is 1.56 bits per heavy atom. The van der Waals surface area contributed by atoms with Crippen molar-refractivity contribution in [1.29, 1.82) is 0 Å². The first-order valence-electron chi connectivity index (χ1n) is 6.29. The molecule has 0 saturated carbocycles. The Labute approximate surface area is 98.9 Å². The second-order valence-corrected chi connectivity index (χ2v) is 4.50. The van der Waals surface area contributed by atoms with Crippen molar-refractivity contribution in [3.63, 3.8) is 0 Å². The summed E-state index contributed by atoms with van der Waals surface area (Å²) in [6.45, 7) is 6.33. The van der Waals surface area contributed by atoms with Gasteiger partial charge in [0.05, 0.1) is 0 Å². The molecule has 0 N–H and O–H groups in total. The Balaban J connectivity index is 2.77. The molecule has 1 aromatic rings. The van der Waals surface area contributed by atoms with Gasteiger partial charge in [0.25, 0.3) is 0 Å². The van der Waals surface area contributed by atoms with Gasteiger partial charge in [-0.3, -0.25) is 4.79 Å². The Bertz CT molecular complexity index is 318. The first-order chi connectivity index (χ1) is 7.69. The molecular weight excluding hydrogens is 196 g/mol. The summed E-state index contributed by atoms with van der Waals surface area (Å²) in [5.41, 5.74) is 2.08. The van der Waals surface area contributed by atoms with Crippen LogP contribution in [0, 0.1) is 12.8 Å². The van der Waals surface area contributed by atoms with Crippen molar-refractivity contribution in [2.24, 2.45) is 5.92 Å². The van der Waals surface area contributed by atoms with Gasteiger partial charge in [0, 0.05) is 11.5 Å². The minimum atomic E-state index is 0.220. The Hall–Kier alpha value is -1.11. The van der Waals surface area contributed by atoms with E-state index in [1.54, 1.807) is 0 Å². The average Bonchev–Trinajstić information content (AvgIpc) is 2.29. The summed E-state index contributed by atoms with van der Waals surface area (Å²) in [6, 6.07) is 7.94. The van der Waals surface area contributed by atoms with Crippen molar-refractivity contribution in [3.8, 4) is 0 Å². The number of aryl methyl sites for hydroxylation is 1. The zero-order chi connectivity index (χ0) is 12.0. The Morgan fingerprint density at radius 1 is 1.06 bits per heavy atom. The van der Waals surface area contributed by atoms with Crippen LogP contribution in [0.25, 0.3) is 0 Å². The van der Waals surface area contributed by atoms with Crippen LogP contribution in [0.2, 0.25) is 0 Å². The number of benzene rings is 1. The summed E-state index contributed by atoms with van der Waals surface area (Å²) < 4.78 is 0. The standard InChI is InChI=1S/C15H22O/c1-4-6-13(7-5-2)15(16)14-10-8-12(3)9-11-14/h8-11,13H,4-7H2,1-3H3. The lowest BCUT2D eigenvalue weighted by Gasteiger charge is -2.13. The first-order valence-corrected chi connectivity index (χ1v) is 6.29. The number of carbonyl (C=O) groups excluding carboxylic acids is 1. The van der Waals surface area contributed by atoms with Crippen LogP contribution in [0.3, 0.4) is 0 Å². The number of ketones is 1. The molecule has 16 heavy (non-hydrogen) atoms. The Morgan fingerprint density at radius 3 is 2.00 bits per heavy atom. The Kier molecular flexibility index (Phi) is 5.24. The monoisotopic (exact) mass is 218 g/mol. The molecule has 0 amide bonds. The molecule has 0 unspecified atom stereocenters. The van der Waals surface area contributed by atoms with Gasteiger partial charge in [-0.25, -0.2) is 0 Å². The van der Waals surface area contributed by atoms with E-state index in [0.29, 0.717) is 5.78 Å². The van der Waals surface area contributed by atoms with Crippen LogP contribution in [-0.2, 0) is 0 Å². The molecule has 1 aromatic carbocycles. The van der Waals surface area contributed by atoms with Gasteiger partial charge in [0.2, 0.25) is 0 Å². The molecule has 1 heteroatoms. The third-order valence-corrected chi connectivity index (χ3v) is 2.98. The van der Waals surface area contributed by atoms with E-state index in [-0.39, 0.29) is 5.92 Å². The maximum absolute atomic E-state index is 12.2. The molecule has 0 aromatic heterocycles. The van der Waals surface area contributed by atoms with E-state index in [1.165, 1.54) is 5.56 Å². The third-order valence-electron chi connectivity index (χ3n) is 2.98. The molecule has 0 atom stereocenters. The molecule has 0 aliphatic rings. The zero-order valence-electron chi connectivity index (χ0n) is 10.6. The normalized spacial score (nSPS) is 10.8. The van der Waals surface area contributed by atoms with Crippen molar-refractivity contribution in [1.82, 2.24) is 0 Å². The van der Waals surface area contributed by atoms with Crippen LogP contribution in [-0.4, -0.2) is 5.78 Å². The molecular formula is C15H22O. The van der Waals surface area contributed by atoms with E-state index < -0.39 is 0 Å². The van der Waals surface area contributed by atoms with Crippen molar-refractivity contribution in [2.75, 3.05) is 0 Å². The fraction of sp³-hybridized carbons (Fsp3) is 0.533. The van der Waals surface area contributed by atoms with E-state index in [0.717, 1.165) is 31.2 Å². The largest absolute Gasteiger partial charge is 0.294 e. The number of rotatable bonds is 6. The summed E-state index contributed by atoms with van der Waals surface area (Å²) in [7, 11) is 0. The van der Waals surface area contributed by atoms with Gasteiger partial charge in [-0.05, 0) is 19.8 Å². The van der Waals surface area contributed by atoms with E-state index in [9.17, 15) is 4.79 Å². The molecule has 0 heterocycles. The maximum atomic E-state index is 12.2. The number of Topliss-reactive ketones (excluding diaryl/α,β-unsaturated/α-hetero) is 1. The highest BCUT2D eigenvalue weighted by Crippen LogP contribution is 2.19. The van der Waals surface area contributed by atoms with Gasteiger partial charge >= 0.3 is 0 Å². The summed E-state index contributed by atoms with van der Waals surface area (Å²) in [4.78, 5) is 12.2. The van der Waals surface area contributed by atoms with Crippen LogP contribution in [0.5, 0.6) is 0 Å². The van der Waals surface area contributed by atoms with Crippen molar-refractivity contribution in [3.05, 3.63) is 35.4 Å². The summed E-state index contributed by atoms with van der Waals surface area (Å²) >= 11 is 0. The van der Waals surface area contributed by atoms with Gasteiger partial charge in [0.1, 0.15) is 0 Å². The summed E-state index contributed by atoms with van der Waals surface area (Å²) in [6.07, 6.45) is 4.20. The molecule has 88 valence electrons. The van der Waals surface area contributed by atoms with Gasteiger partial charge in [-0.15, -0.1) is 0 Å². The molecule has 0 radical (unpaired) electrons. The van der Waals surface area contributed by atoms with Gasteiger partial charge in [-0.1, -0.05) is 56.5 Å². The minimum absolute atomic E-state index is 0.220. The number of hydrogen-bond acceptors (Lipinski definition) is 1. The zero-order valence-corrected chi connectivity index (χ0v) is 10.6. The van der Waals surface area contributed by atoms with Crippen LogP contribution < -0.4 is 0 Å². The highest BCUT2D eigenvalue weighted by Gasteiger charge is 2.17. The minimum Gasteiger partial charge on any atom is -0.294 e. The highest BCUT2D eigenvalue weighted by molar-refractivity contribution is 5.97. The molecule has 0 spiro atoms. The van der Waals surface area contributed by atoms with Crippen molar-refractivity contribution in [2.45, 2.75) is 46.5 Å². The molecule has 1 rings (SSSR count). The van der Waals surface area contributed by atoms with Gasteiger partial charge in [-0.2, -0.15) is 0 Å². The third kappa shape index (κ3) is 3.48. The number of carbonyl (C=O) groups is 1. The lowest BCUT2D eigenvalue weighted by molar-refractivity contribution is 0.0905. The second-order valence-electron chi connectivity index (χ2n) is 4.50. The highest BCUT2D eigenvalue weighted by atomic mass is 16.1. The molecule has 0 bridgehead atoms. The van der Waals surface area contributed by atoms with Gasteiger partial charge < -0.3 is 0 Å². The molecule has 0 aliphatic heterocycles. The smallest absolute Gasteiger partial charge is 0.165 e. The first kappa shape index (κ1) is 13.0. The maximum Gasteiger partial charge on any atom is 0.165 e. The quantitative estimate of drug-likeness (QED) is 0.647. The lowest BCUT2D eigenvalue weighted by Crippen LogP contribution is -2.14. The molecule has 0 aliphatic carbocycles. The van der Waals surface area contributed by atoms with E-state index in [4.69, 9.17) is 0 Å². The van der Waals surface area contributed by atoms with E-state index in [1.807, 2.05) is 31.2 Å². The van der Waals surface area contributed by atoms with Crippen molar-refractivity contribution < 1.29 is 4.79 Å². The van der Waals surface area contributed by atoms with Crippen LogP contribution in [0.15, 0.2) is 24.3 Å². The molecule has 0 fully saturated rings. The summed E-state index contributed by atoms with van der Waals surface area (Å²) in [5, 5.41) is 0. The average molecular weight is 218 g/mol. The topological polar surface area (TPSA) is 17.1 Å². The van der Waals surface area contributed by atoms with Crippen LogP contribution >= 0.6 is 0 Å². The van der Waals surface area contributed by atoms with Gasteiger partial charge in [0.15, 0.2) is 5.78 Å². The molecule has 0 saturated heterocycles. The number of hydrogen-bond donors (Lipinski definition) is 0. The SMILES string of the molecule is CCCC(CCC)C(=O)c1ccc(C)cc1. The van der Waals surface area contributed by atoms with Crippen molar-refractivity contribution >= 4 is 5.78 Å². The van der Waals surface area contributed by atoms with E-state index >= 15 is 0 Å². The summed E-state index contributed by atoms with van der Waals surface area (Å²) in [5.74, 6) is 0.543. The van der Waals surface area contributed by atoms with Crippen LogP contribution in [0.4, 0.5) is 0 Å².